The highest BCUT2D eigenvalue weighted by atomic mass is 16.5. The van der Waals surface area contributed by atoms with Gasteiger partial charge in [0.05, 0.1) is 20.1 Å². The summed E-state index contributed by atoms with van der Waals surface area (Å²) in [6.07, 6.45) is 6.79. The van der Waals surface area contributed by atoms with E-state index in [-0.39, 0.29) is 30.9 Å². The molecule has 0 radical (unpaired) electrons. The molecule has 0 bridgehead atoms. The zero-order valence-corrected chi connectivity index (χ0v) is 16.4. The molecule has 2 rings (SSSR count). The first-order chi connectivity index (χ1) is 13.2. The molecule has 1 fully saturated rings. The molecule has 1 amide bonds. The molecule has 0 unspecified atom stereocenters. The average molecular weight is 377 g/mol. The molecule has 0 aliphatic heterocycles. The first kappa shape index (κ1) is 21.1. The lowest BCUT2D eigenvalue weighted by Gasteiger charge is -2.31. The van der Waals surface area contributed by atoms with Crippen LogP contribution < -0.4 is 9.47 Å². The molecule has 0 heterocycles. The van der Waals surface area contributed by atoms with Crippen molar-refractivity contribution in [3.05, 3.63) is 24.3 Å². The molecule has 6 heteroatoms. The third kappa shape index (κ3) is 6.77. The lowest BCUT2D eigenvalue weighted by Crippen LogP contribution is -2.44. The molecule has 1 aliphatic carbocycles. The number of hydrogen-bond acceptors (Lipinski definition) is 5. The van der Waals surface area contributed by atoms with Gasteiger partial charge in [0, 0.05) is 12.6 Å². The zero-order valence-electron chi connectivity index (χ0n) is 16.4. The highest BCUT2D eigenvalue weighted by molar-refractivity contribution is 5.79. The third-order valence-electron chi connectivity index (χ3n) is 4.87. The van der Waals surface area contributed by atoms with Gasteiger partial charge in [-0.2, -0.15) is 0 Å². The number of methoxy groups -OCH3 is 1. The van der Waals surface area contributed by atoms with Gasteiger partial charge in [-0.15, -0.1) is 0 Å². The number of benzene rings is 1. The minimum atomic E-state index is -0.269. The molecule has 1 aliphatic rings. The summed E-state index contributed by atoms with van der Waals surface area (Å²) in [5, 5.41) is 0. The fraction of sp³-hybridized carbons (Fsp3) is 0.619. The highest BCUT2D eigenvalue weighted by Crippen LogP contribution is 2.26. The molecule has 1 saturated carbocycles. The van der Waals surface area contributed by atoms with Crippen LogP contribution in [0.25, 0.3) is 0 Å². The number of para-hydroxylation sites is 2. The maximum Gasteiger partial charge on any atom is 0.307 e. The minimum absolute atomic E-state index is 0.0697. The lowest BCUT2D eigenvalue weighted by atomic mass is 10.1. The maximum absolute atomic E-state index is 12.9. The van der Waals surface area contributed by atoms with Crippen LogP contribution >= 0.6 is 0 Å². The maximum atomic E-state index is 12.9. The van der Waals surface area contributed by atoms with Crippen LogP contribution in [0.4, 0.5) is 0 Å². The monoisotopic (exact) mass is 377 g/mol. The molecule has 0 spiro atoms. The van der Waals surface area contributed by atoms with Crippen molar-refractivity contribution in [3.8, 4) is 11.5 Å². The predicted octanol–water partition coefficient (Wildman–Crippen LogP) is 3.58. The number of carbonyl (C=O) groups excluding carboxylic acids is 2. The zero-order chi connectivity index (χ0) is 19.5. The van der Waals surface area contributed by atoms with E-state index in [9.17, 15) is 9.59 Å². The second-order valence-electron chi connectivity index (χ2n) is 6.73. The number of carbonyl (C=O) groups is 2. The number of esters is 1. The number of amides is 1. The highest BCUT2D eigenvalue weighted by Gasteiger charge is 2.26. The van der Waals surface area contributed by atoms with Crippen molar-refractivity contribution < 1.29 is 23.8 Å². The van der Waals surface area contributed by atoms with Crippen LogP contribution in [0.5, 0.6) is 11.5 Å². The first-order valence-corrected chi connectivity index (χ1v) is 9.86. The first-order valence-electron chi connectivity index (χ1n) is 9.86. The van der Waals surface area contributed by atoms with E-state index in [1.54, 1.807) is 26.2 Å². The molecule has 6 nitrogen and oxygen atoms in total. The fourth-order valence-corrected chi connectivity index (χ4v) is 3.49. The van der Waals surface area contributed by atoms with Gasteiger partial charge < -0.3 is 19.1 Å². The Bertz CT molecular complexity index is 596. The van der Waals surface area contributed by atoms with E-state index in [0.29, 0.717) is 24.7 Å². The van der Waals surface area contributed by atoms with E-state index in [1.165, 1.54) is 12.8 Å². The van der Waals surface area contributed by atoms with Gasteiger partial charge in [0.2, 0.25) is 0 Å². The van der Waals surface area contributed by atoms with Gasteiger partial charge >= 0.3 is 5.97 Å². The summed E-state index contributed by atoms with van der Waals surface area (Å²) in [5.41, 5.74) is 0. The van der Waals surface area contributed by atoms with Gasteiger partial charge in [-0.3, -0.25) is 9.59 Å². The summed E-state index contributed by atoms with van der Waals surface area (Å²) in [6, 6.07) is 7.43. The molecule has 27 heavy (non-hydrogen) atoms. The van der Waals surface area contributed by atoms with E-state index in [1.807, 2.05) is 17.0 Å². The molecule has 0 atom stereocenters. The van der Waals surface area contributed by atoms with E-state index in [2.05, 4.69) is 0 Å². The average Bonchev–Trinajstić information content (AvgIpc) is 2.96. The molecule has 0 aromatic heterocycles. The Morgan fingerprint density at radius 2 is 1.74 bits per heavy atom. The van der Waals surface area contributed by atoms with Crippen molar-refractivity contribution in [2.45, 2.75) is 57.9 Å². The molecular formula is C21H31NO5. The van der Waals surface area contributed by atoms with Crippen molar-refractivity contribution in [1.29, 1.82) is 0 Å². The smallest absolute Gasteiger partial charge is 0.307 e. The Kier molecular flexibility index (Phi) is 8.95. The Morgan fingerprint density at radius 1 is 1.07 bits per heavy atom. The van der Waals surface area contributed by atoms with E-state index in [0.717, 1.165) is 25.7 Å². The van der Waals surface area contributed by atoms with Gasteiger partial charge in [0.1, 0.15) is 0 Å². The Balaban J connectivity index is 2.01. The number of hydrogen-bond donors (Lipinski definition) is 0. The Morgan fingerprint density at radius 3 is 2.37 bits per heavy atom. The molecule has 150 valence electrons. The summed E-state index contributed by atoms with van der Waals surface area (Å²) < 4.78 is 16.0. The largest absolute Gasteiger partial charge is 0.493 e. The Labute approximate surface area is 161 Å². The summed E-state index contributed by atoms with van der Waals surface area (Å²) in [4.78, 5) is 26.5. The normalized spacial score (nSPS) is 14.9. The summed E-state index contributed by atoms with van der Waals surface area (Å²) in [6.45, 7) is 2.44. The molecule has 0 N–H and O–H groups in total. The predicted molar refractivity (Wildman–Crippen MR) is 103 cm³/mol. The molecule has 0 saturated heterocycles. The van der Waals surface area contributed by atoms with Crippen LogP contribution in [-0.2, 0) is 14.3 Å². The fourth-order valence-electron chi connectivity index (χ4n) is 3.49. The van der Waals surface area contributed by atoms with Gasteiger partial charge in [0.25, 0.3) is 5.91 Å². The summed E-state index contributed by atoms with van der Waals surface area (Å²) in [5.74, 6) is 0.768. The van der Waals surface area contributed by atoms with Crippen LogP contribution in [0.15, 0.2) is 24.3 Å². The van der Waals surface area contributed by atoms with E-state index < -0.39 is 0 Å². The molecule has 1 aromatic rings. The summed E-state index contributed by atoms with van der Waals surface area (Å²) >= 11 is 0. The Hall–Kier alpha value is -2.24. The van der Waals surface area contributed by atoms with Crippen LogP contribution in [0, 0.1) is 0 Å². The van der Waals surface area contributed by atoms with Crippen LogP contribution in [0.3, 0.4) is 0 Å². The third-order valence-corrected chi connectivity index (χ3v) is 4.87. The lowest BCUT2D eigenvalue weighted by molar-refractivity contribution is -0.145. The minimum Gasteiger partial charge on any atom is -0.493 e. The number of nitrogens with zero attached hydrogens (tertiary/aromatic N) is 1. The second-order valence-corrected chi connectivity index (χ2v) is 6.73. The topological polar surface area (TPSA) is 65.1 Å². The van der Waals surface area contributed by atoms with Crippen LogP contribution in [0.1, 0.15) is 51.9 Å². The SMILES string of the molecule is CCOC(=O)CCN(C(=O)COc1ccccc1OC)C1CCCCCC1. The van der Waals surface area contributed by atoms with Gasteiger partial charge in [0.15, 0.2) is 18.1 Å². The van der Waals surface area contributed by atoms with Crippen LogP contribution in [-0.4, -0.2) is 49.7 Å². The van der Waals surface area contributed by atoms with Crippen molar-refractivity contribution in [3.63, 3.8) is 0 Å². The molecular weight excluding hydrogens is 346 g/mol. The number of ether oxygens (including phenoxy) is 3. The van der Waals surface area contributed by atoms with E-state index in [4.69, 9.17) is 14.2 Å². The van der Waals surface area contributed by atoms with Crippen molar-refractivity contribution in [1.82, 2.24) is 4.90 Å². The van der Waals surface area contributed by atoms with Crippen molar-refractivity contribution in [2.75, 3.05) is 26.9 Å². The van der Waals surface area contributed by atoms with Gasteiger partial charge in [-0.05, 0) is 31.9 Å². The molecule has 1 aromatic carbocycles. The quantitative estimate of drug-likeness (QED) is 0.486. The van der Waals surface area contributed by atoms with Crippen molar-refractivity contribution in [2.24, 2.45) is 0 Å². The van der Waals surface area contributed by atoms with Gasteiger partial charge in [-0.1, -0.05) is 37.8 Å². The standard InChI is InChI=1S/C21H31NO5/c1-3-26-21(24)14-15-22(17-10-6-4-5-7-11-17)20(23)16-27-19-13-9-8-12-18(19)25-2/h8-9,12-13,17H,3-7,10-11,14-16H2,1-2H3. The second kappa shape index (κ2) is 11.5. The summed E-state index contributed by atoms with van der Waals surface area (Å²) in [7, 11) is 1.57. The van der Waals surface area contributed by atoms with Crippen molar-refractivity contribution >= 4 is 11.9 Å². The van der Waals surface area contributed by atoms with Crippen LogP contribution in [0.2, 0.25) is 0 Å². The number of rotatable bonds is 9. The van der Waals surface area contributed by atoms with Gasteiger partial charge in [-0.25, -0.2) is 0 Å². The van der Waals surface area contributed by atoms with E-state index >= 15 is 0 Å².